The van der Waals surface area contributed by atoms with Crippen molar-refractivity contribution in [3.63, 3.8) is 0 Å². The standard InChI is InChI=1S/C25H35N3O2S/c1-16(2)10-13-26-23(29)18(4)20-11-14-28(15-12-20)25(30)22-19(5)27-24(31-22)21-8-6-17(3)7-9-21/h6-9,16,18,20H,10-15H2,1-5H3,(H,26,29)/t18-/m1/s1. The zero-order valence-corrected chi connectivity index (χ0v) is 20.2. The Morgan fingerprint density at radius 2 is 1.77 bits per heavy atom. The molecule has 1 atom stereocenters. The second kappa shape index (κ2) is 10.4. The van der Waals surface area contributed by atoms with Crippen LogP contribution in [-0.4, -0.2) is 41.3 Å². The predicted molar refractivity (Wildman–Crippen MR) is 127 cm³/mol. The first-order valence-electron chi connectivity index (χ1n) is 11.4. The topological polar surface area (TPSA) is 62.3 Å². The lowest BCUT2D eigenvalue weighted by Crippen LogP contribution is -2.42. The molecule has 0 spiro atoms. The maximum absolute atomic E-state index is 13.2. The number of aryl methyl sites for hydroxylation is 2. The van der Waals surface area contributed by atoms with Gasteiger partial charge in [-0.15, -0.1) is 11.3 Å². The third kappa shape index (κ3) is 5.94. The zero-order chi connectivity index (χ0) is 22.5. The molecule has 2 amide bonds. The minimum Gasteiger partial charge on any atom is -0.356 e. The highest BCUT2D eigenvalue weighted by Gasteiger charge is 2.31. The molecule has 1 aromatic carbocycles. The molecule has 0 saturated carbocycles. The average Bonchev–Trinajstić information content (AvgIpc) is 3.14. The van der Waals surface area contributed by atoms with E-state index in [9.17, 15) is 9.59 Å². The Hall–Kier alpha value is -2.21. The van der Waals surface area contributed by atoms with E-state index in [2.05, 4.69) is 55.3 Å². The molecule has 5 nitrogen and oxygen atoms in total. The maximum atomic E-state index is 13.2. The largest absolute Gasteiger partial charge is 0.356 e. The summed E-state index contributed by atoms with van der Waals surface area (Å²) in [5.41, 5.74) is 3.05. The van der Waals surface area contributed by atoms with Crippen molar-refractivity contribution in [2.24, 2.45) is 17.8 Å². The van der Waals surface area contributed by atoms with Crippen LogP contribution in [0.1, 0.15) is 61.0 Å². The number of hydrogen-bond donors (Lipinski definition) is 1. The summed E-state index contributed by atoms with van der Waals surface area (Å²) in [6.45, 7) is 12.5. The highest BCUT2D eigenvalue weighted by Crippen LogP contribution is 2.31. The fourth-order valence-electron chi connectivity index (χ4n) is 4.02. The first kappa shape index (κ1) is 23.5. The first-order valence-corrected chi connectivity index (χ1v) is 12.2. The Bertz CT molecular complexity index is 896. The Morgan fingerprint density at radius 3 is 2.39 bits per heavy atom. The fraction of sp³-hybridized carbons (Fsp3) is 0.560. The van der Waals surface area contributed by atoms with Crippen LogP contribution in [0.25, 0.3) is 10.6 Å². The molecule has 1 aliphatic rings. The van der Waals surface area contributed by atoms with Crippen LogP contribution in [0.4, 0.5) is 0 Å². The van der Waals surface area contributed by atoms with Crippen LogP contribution >= 0.6 is 11.3 Å². The smallest absolute Gasteiger partial charge is 0.265 e. The van der Waals surface area contributed by atoms with E-state index in [0.717, 1.165) is 46.9 Å². The van der Waals surface area contributed by atoms with Crippen LogP contribution in [0, 0.1) is 31.6 Å². The van der Waals surface area contributed by atoms with Gasteiger partial charge in [-0.3, -0.25) is 9.59 Å². The summed E-state index contributed by atoms with van der Waals surface area (Å²) in [6.07, 6.45) is 2.74. The van der Waals surface area contributed by atoms with Gasteiger partial charge < -0.3 is 10.2 Å². The van der Waals surface area contributed by atoms with Crippen LogP contribution in [0.15, 0.2) is 24.3 Å². The Labute approximate surface area is 190 Å². The summed E-state index contributed by atoms with van der Waals surface area (Å²) in [6, 6.07) is 8.25. The van der Waals surface area contributed by atoms with Gasteiger partial charge in [0.1, 0.15) is 9.88 Å². The second-order valence-corrected chi connectivity index (χ2v) is 10.2. The van der Waals surface area contributed by atoms with Crippen LogP contribution in [-0.2, 0) is 4.79 Å². The summed E-state index contributed by atoms with van der Waals surface area (Å²) in [5.74, 6) is 1.12. The molecular weight excluding hydrogens is 406 g/mol. The van der Waals surface area contributed by atoms with Crippen LogP contribution in [0.3, 0.4) is 0 Å². The predicted octanol–water partition coefficient (Wildman–Crippen LogP) is 5.08. The third-order valence-corrected chi connectivity index (χ3v) is 7.45. The molecule has 1 aromatic heterocycles. The van der Waals surface area contributed by atoms with Crippen molar-refractivity contribution >= 4 is 23.2 Å². The van der Waals surface area contributed by atoms with Gasteiger partial charge >= 0.3 is 0 Å². The van der Waals surface area contributed by atoms with Gasteiger partial charge in [-0.25, -0.2) is 4.98 Å². The minimum atomic E-state index is -0.0114. The summed E-state index contributed by atoms with van der Waals surface area (Å²) >= 11 is 1.48. The van der Waals surface area contributed by atoms with Crippen molar-refractivity contribution in [2.75, 3.05) is 19.6 Å². The number of amides is 2. The molecule has 1 N–H and O–H groups in total. The van der Waals surface area contributed by atoms with E-state index < -0.39 is 0 Å². The quantitative estimate of drug-likeness (QED) is 0.652. The van der Waals surface area contributed by atoms with Crippen LogP contribution in [0.2, 0.25) is 0 Å². The van der Waals surface area contributed by atoms with Crippen LogP contribution < -0.4 is 5.32 Å². The van der Waals surface area contributed by atoms with Gasteiger partial charge in [0, 0.05) is 31.1 Å². The number of carbonyl (C=O) groups excluding carboxylic acids is 2. The highest BCUT2D eigenvalue weighted by atomic mass is 32.1. The molecule has 1 saturated heterocycles. The summed E-state index contributed by atoms with van der Waals surface area (Å²) in [5, 5.41) is 3.97. The molecule has 3 rings (SSSR count). The summed E-state index contributed by atoms with van der Waals surface area (Å²) < 4.78 is 0. The molecule has 0 bridgehead atoms. The molecule has 168 valence electrons. The molecule has 2 aromatic rings. The lowest BCUT2D eigenvalue weighted by atomic mass is 9.84. The Morgan fingerprint density at radius 1 is 1.13 bits per heavy atom. The van der Waals surface area contributed by atoms with Gasteiger partial charge in [0.2, 0.25) is 5.91 Å². The minimum absolute atomic E-state index is 0.0114. The number of aromatic nitrogens is 1. The van der Waals surface area contributed by atoms with Crippen molar-refractivity contribution in [3.05, 3.63) is 40.4 Å². The number of nitrogens with one attached hydrogen (secondary N) is 1. The van der Waals surface area contributed by atoms with E-state index in [1.165, 1.54) is 16.9 Å². The molecular formula is C25H35N3O2S. The van der Waals surface area contributed by atoms with Crippen molar-refractivity contribution in [1.29, 1.82) is 0 Å². The molecule has 0 aliphatic carbocycles. The first-order chi connectivity index (χ1) is 14.8. The van der Waals surface area contributed by atoms with E-state index in [0.29, 0.717) is 24.9 Å². The fourth-order valence-corrected chi connectivity index (χ4v) is 5.06. The van der Waals surface area contributed by atoms with Crippen molar-refractivity contribution in [1.82, 2.24) is 15.2 Å². The molecule has 2 heterocycles. The number of nitrogens with zero attached hydrogens (tertiary/aromatic N) is 2. The molecule has 31 heavy (non-hydrogen) atoms. The van der Waals surface area contributed by atoms with E-state index in [1.807, 2.05) is 18.7 Å². The van der Waals surface area contributed by atoms with E-state index >= 15 is 0 Å². The van der Waals surface area contributed by atoms with Crippen molar-refractivity contribution in [3.8, 4) is 10.6 Å². The van der Waals surface area contributed by atoms with Crippen molar-refractivity contribution < 1.29 is 9.59 Å². The number of thiazole rings is 1. The second-order valence-electron chi connectivity index (χ2n) is 9.19. The summed E-state index contributed by atoms with van der Waals surface area (Å²) in [7, 11) is 0. The van der Waals surface area contributed by atoms with E-state index in [4.69, 9.17) is 0 Å². The van der Waals surface area contributed by atoms with Crippen LogP contribution in [0.5, 0.6) is 0 Å². The lowest BCUT2D eigenvalue weighted by molar-refractivity contribution is -0.126. The SMILES string of the molecule is Cc1ccc(-c2nc(C)c(C(=O)N3CCC([C@@H](C)C(=O)NCCC(C)C)CC3)s2)cc1. The number of hydrogen-bond acceptors (Lipinski definition) is 4. The number of likely N-dealkylation sites (tertiary alicyclic amines) is 1. The van der Waals surface area contributed by atoms with Gasteiger partial charge in [0.05, 0.1) is 5.69 Å². The lowest BCUT2D eigenvalue weighted by Gasteiger charge is -2.34. The third-order valence-electron chi connectivity index (χ3n) is 6.26. The molecule has 1 aliphatic heterocycles. The van der Waals surface area contributed by atoms with Gasteiger partial charge in [-0.05, 0) is 44.9 Å². The Balaban J connectivity index is 1.57. The van der Waals surface area contributed by atoms with E-state index in [-0.39, 0.29) is 17.7 Å². The number of carbonyl (C=O) groups is 2. The summed E-state index contributed by atoms with van der Waals surface area (Å²) in [4.78, 5) is 32.9. The normalized spacial score (nSPS) is 15.9. The monoisotopic (exact) mass is 441 g/mol. The highest BCUT2D eigenvalue weighted by molar-refractivity contribution is 7.17. The average molecular weight is 442 g/mol. The van der Waals surface area contributed by atoms with Gasteiger partial charge in [0.15, 0.2) is 0 Å². The molecule has 0 unspecified atom stereocenters. The maximum Gasteiger partial charge on any atom is 0.265 e. The molecule has 0 radical (unpaired) electrons. The Kier molecular flexibility index (Phi) is 7.87. The van der Waals surface area contributed by atoms with Crippen molar-refractivity contribution in [2.45, 2.75) is 53.9 Å². The number of rotatable bonds is 7. The van der Waals surface area contributed by atoms with Gasteiger partial charge in [0.25, 0.3) is 5.91 Å². The number of benzene rings is 1. The van der Waals surface area contributed by atoms with E-state index in [1.54, 1.807) is 0 Å². The molecule has 6 heteroatoms. The number of piperidine rings is 1. The van der Waals surface area contributed by atoms with Gasteiger partial charge in [-0.1, -0.05) is 50.6 Å². The zero-order valence-electron chi connectivity index (χ0n) is 19.4. The van der Waals surface area contributed by atoms with Gasteiger partial charge in [-0.2, -0.15) is 0 Å². The molecule has 1 fully saturated rings.